The summed E-state index contributed by atoms with van der Waals surface area (Å²) in [5.74, 6) is -0.420. The Morgan fingerprint density at radius 2 is 1.96 bits per heavy atom. The standard InChI is InChI=1S/C19H16N2O3S/c1-3-24-19(23)15-13-9-8-12-11-6-4-5-7-14(11)21(2)16(12)17(13)25-18(15)20-10-22/h4-10H,3H2,1-2H3,(H,20,22). The number of carbonyl (C=O) groups excluding carboxylic acids is 2. The van der Waals surface area contributed by atoms with Crippen molar-refractivity contribution in [2.45, 2.75) is 6.92 Å². The van der Waals surface area contributed by atoms with E-state index in [2.05, 4.69) is 22.0 Å². The number of rotatable bonds is 4. The quantitative estimate of drug-likeness (QED) is 0.440. The molecule has 0 radical (unpaired) electrons. The van der Waals surface area contributed by atoms with Crippen LogP contribution in [-0.4, -0.2) is 23.6 Å². The van der Waals surface area contributed by atoms with Crippen LogP contribution in [-0.2, 0) is 16.6 Å². The van der Waals surface area contributed by atoms with Crippen LogP contribution in [0.3, 0.4) is 0 Å². The number of hydrogen-bond acceptors (Lipinski definition) is 4. The van der Waals surface area contributed by atoms with Gasteiger partial charge in [-0.2, -0.15) is 0 Å². The minimum atomic E-state index is -0.420. The predicted octanol–water partition coefficient (Wildman–Crippen LogP) is 4.29. The third-order valence-electron chi connectivity index (χ3n) is 4.39. The van der Waals surface area contributed by atoms with Gasteiger partial charge in [-0.1, -0.05) is 30.3 Å². The third-order valence-corrected chi connectivity index (χ3v) is 5.54. The molecule has 2 aromatic carbocycles. The number of fused-ring (bicyclic) bond motifs is 5. The first-order valence-electron chi connectivity index (χ1n) is 7.97. The summed E-state index contributed by atoms with van der Waals surface area (Å²) in [6.45, 7) is 2.05. The zero-order valence-electron chi connectivity index (χ0n) is 13.8. The summed E-state index contributed by atoms with van der Waals surface area (Å²) >= 11 is 1.40. The molecule has 1 amide bonds. The maximum Gasteiger partial charge on any atom is 0.341 e. The van der Waals surface area contributed by atoms with Gasteiger partial charge in [0.05, 0.1) is 16.8 Å². The molecule has 0 bridgehead atoms. The zero-order chi connectivity index (χ0) is 17.6. The molecule has 4 aromatic rings. The van der Waals surface area contributed by atoms with Crippen molar-refractivity contribution in [3.05, 3.63) is 42.0 Å². The van der Waals surface area contributed by atoms with Crippen molar-refractivity contribution in [3.63, 3.8) is 0 Å². The molecule has 5 nitrogen and oxygen atoms in total. The molecule has 0 spiro atoms. The first-order chi connectivity index (χ1) is 12.2. The van der Waals surface area contributed by atoms with Gasteiger partial charge in [-0.15, -0.1) is 11.3 Å². The van der Waals surface area contributed by atoms with Crippen LogP contribution in [0, 0.1) is 0 Å². The molecule has 0 aliphatic heterocycles. The lowest BCUT2D eigenvalue weighted by atomic mass is 10.1. The van der Waals surface area contributed by atoms with Gasteiger partial charge < -0.3 is 14.6 Å². The highest BCUT2D eigenvalue weighted by molar-refractivity contribution is 7.24. The first kappa shape index (κ1) is 15.7. The number of ether oxygens (including phenoxy) is 1. The third kappa shape index (κ3) is 2.21. The van der Waals surface area contributed by atoms with Crippen LogP contribution in [0.2, 0.25) is 0 Å². The van der Waals surface area contributed by atoms with E-state index in [-0.39, 0.29) is 6.61 Å². The molecule has 126 valence electrons. The summed E-state index contributed by atoms with van der Waals surface area (Å²) in [4.78, 5) is 23.4. The van der Waals surface area contributed by atoms with Crippen LogP contribution >= 0.6 is 11.3 Å². The SMILES string of the molecule is CCOC(=O)c1c(NC=O)sc2c1ccc1c3ccccc3n(C)c12. The van der Waals surface area contributed by atoms with Crippen molar-refractivity contribution >= 4 is 60.6 Å². The van der Waals surface area contributed by atoms with Gasteiger partial charge in [0, 0.05) is 28.7 Å². The van der Waals surface area contributed by atoms with E-state index in [0.29, 0.717) is 17.0 Å². The highest BCUT2D eigenvalue weighted by Gasteiger charge is 2.23. The molecule has 0 aliphatic carbocycles. The van der Waals surface area contributed by atoms with Crippen LogP contribution in [0.15, 0.2) is 36.4 Å². The summed E-state index contributed by atoms with van der Waals surface area (Å²) in [6.07, 6.45) is 0.589. The van der Waals surface area contributed by atoms with Crippen molar-refractivity contribution in [3.8, 4) is 0 Å². The van der Waals surface area contributed by atoms with Crippen LogP contribution in [0.1, 0.15) is 17.3 Å². The second-order valence-electron chi connectivity index (χ2n) is 5.70. The predicted molar refractivity (Wildman–Crippen MR) is 101 cm³/mol. The Morgan fingerprint density at radius 3 is 2.72 bits per heavy atom. The molecule has 1 N–H and O–H groups in total. The van der Waals surface area contributed by atoms with Gasteiger partial charge >= 0.3 is 5.97 Å². The normalized spacial score (nSPS) is 11.3. The molecule has 2 heterocycles. The number of carbonyl (C=O) groups is 2. The average Bonchev–Trinajstić information content (AvgIpc) is 3.12. The smallest absolute Gasteiger partial charge is 0.341 e. The van der Waals surface area contributed by atoms with Crippen molar-refractivity contribution < 1.29 is 14.3 Å². The Morgan fingerprint density at radius 1 is 1.20 bits per heavy atom. The van der Waals surface area contributed by atoms with Gasteiger partial charge in [0.15, 0.2) is 0 Å². The van der Waals surface area contributed by atoms with Crippen molar-refractivity contribution in [2.24, 2.45) is 7.05 Å². The summed E-state index contributed by atoms with van der Waals surface area (Å²) in [5, 5.41) is 6.25. The van der Waals surface area contributed by atoms with Gasteiger partial charge in [0.2, 0.25) is 6.41 Å². The summed E-state index contributed by atoms with van der Waals surface area (Å²) in [5.41, 5.74) is 2.59. The van der Waals surface area contributed by atoms with Crippen molar-refractivity contribution in [1.82, 2.24) is 4.57 Å². The maximum absolute atomic E-state index is 12.4. The largest absolute Gasteiger partial charge is 0.462 e. The number of esters is 1. The van der Waals surface area contributed by atoms with Crippen LogP contribution in [0.25, 0.3) is 31.9 Å². The minimum absolute atomic E-state index is 0.285. The fourth-order valence-corrected chi connectivity index (χ4v) is 4.60. The number of anilines is 1. The average molecular weight is 352 g/mol. The Labute approximate surface area is 147 Å². The van der Waals surface area contributed by atoms with Crippen molar-refractivity contribution in [1.29, 1.82) is 0 Å². The molecule has 6 heteroatoms. The molecule has 2 aromatic heterocycles. The van der Waals surface area contributed by atoms with E-state index in [4.69, 9.17) is 4.74 Å². The van der Waals surface area contributed by atoms with E-state index < -0.39 is 5.97 Å². The molecule has 0 saturated heterocycles. The maximum atomic E-state index is 12.4. The summed E-state index contributed by atoms with van der Waals surface area (Å²) in [7, 11) is 2.01. The van der Waals surface area contributed by atoms with E-state index in [9.17, 15) is 9.59 Å². The molecule has 0 saturated carbocycles. The van der Waals surface area contributed by atoms with E-state index in [0.717, 1.165) is 31.9 Å². The fraction of sp³-hybridized carbons (Fsp3) is 0.158. The van der Waals surface area contributed by atoms with Crippen LogP contribution < -0.4 is 5.32 Å². The van der Waals surface area contributed by atoms with Crippen LogP contribution in [0.4, 0.5) is 5.00 Å². The van der Waals surface area contributed by atoms with Gasteiger partial charge in [0.1, 0.15) is 10.6 Å². The monoisotopic (exact) mass is 352 g/mol. The fourth-order valence-electron chi connectivity index (χ4n) is 3.37. The lowest BCUT2D eigenvalue weighted by Gasteiger charge is -2.03. The number of hydrogen-bond donors (Lipinski definition) is 1. The Bertz CT molecular complexity index is 1140. The van der Waals surface area contributed by atoms with Gasteiger partial charge in [-0.05, 0) is 13.0 Å². The number of amides is 1. The molecule has 4 rings (SSSR count). The molecule has 0 aliphatic rings. The molecule has 25 heavy (non-hydrogen) atoms. The van der Waals surface area contributed by atoms with Crippen molar-refractivity contribution in [2.75, 3.05) is 11.9 Å². The number of thiophene rings is 1. The number of nitrogens with zero attached hydrogens (tertiary/aromatic N) is 1. The lowest BCUT2D eigenvalue weighted by molar-refractivity contribution is -0.105. The second-order valence-corrected chi connectivity index (χ2v) is 6.72. The number of aromatic nitrogens is 1. The van der Waals surface area contributed by atoms with Crippen LogP contribution in [0.5, 0.6) is 0 Å². The Kier molecular flexibility index (Phi) is 3.69. The van der Waals surface area contributed by atoms with E-state index >= 15 is 0 Å². The van der Waals surface area contributed by atoms with E-state index in [1.54, 1.807) is 6.92 Å². The van der Waals surface area contributed by atoms with Gasteiger partial charge in [-0.25, -0.2) is 4.79 Å². The van der Waals surface area contributed by atoms with E-state index in [1.807, 2.05) is 31.3 Å². The summed E-state index contributed by atoms with van der Waals surface area (Å²) in [6, 6.07) is 12.2. The van der Waals surface area contributed by atoms with E-state index in [1.165, 1.54) is 11.3 Å². The zero-order valence-corrected chi connectivity index (χ0v) is 14.6. The highest BCUT2D eigenvalue weighted by atomic mass is 32.1. The lowest BCUT2D eigenvalue weighted by Crippen LogP contribution is -2.07. The molecular formula is C19H16N2O3S. The molecule has 0 atom stereocenters. The number of para-hydroxylation sites is 1. The topological polar surface area (TPSA) is 60.3 Å². The number of aryl methyl sites for hydroxylation is 1. The van der Waals surface area contributed by atoms with Gasteiger partial charge in [0.25, 0.3) is 0 Å². The summed E-state index contributed by atoms with van der Waals surface area (Å²) < 4.78 is 8.28. The Balaban J connectivity index is 2.13. The first-order valence-corrected chi connectivity index (χ1v) is 8.79. The number of nitrogens with one attached hydrogen (secondary N) is 1. The number of benzene rings is 2. The molecule has 0 fully saturated rings. The molecular weight excluding hydrogens is 336 g/mol. The Hall–Kier alpha value is -2.86. The second kappa shape index (κ2) is 5.89. The minimum Gasteiger partial charge on any atom is -0.462 e. The van der Waals surface area contributed by atoms with Gasteiger partial charge in [-0.3, -0.25) is 4.79 Å². The molecule has 0 unspecified atom stereocenters. The highest BCUT2D eigenvalue weighted by Crippen LogP contribution is 2.42.